The first kappa shape index (κ1) is 26.0. The van der Waals surface area contributed by atoms with Crippen LogP contribution in [0.4, 0.5) is 10.2 Å². The number of Topliss-reactive ketones (excluding diaryl/α,β-unsaturated/α-hetero) is 1. The second-order valence-electron chi connectivity index (χ2n) is 8.45. The summed E-state index contributed by atoms with van der Waals surface area (Å²) in [7, 11) is 0. The number of aromatic amines is 1. The van der Waals surface area contributed by atoms with Gasteiger partial charge in [0.25, 0.3) is 11.7 Å². The van der Waals surface area contributed by atoms with Gasteiger partial charge in [-0.2, -0.15) is 15.4 Å². The standard InChI is InChI=1S/C26H26FN9O2/c1-3-18-15-34(24(33-16-29)17-7-5-4-6-8-17)11-12-35(18)26(38)23(37)19-13-31-22-21(19)20(27)14-32-25(22)36(30-2)10-9-28/h4-10,13-14,18,31H,2-3,11-12,15,28H2,1H3/b10-9-,33-24?/t18-/m1/s1. The number of amides is 1. The smallest absolute Gasteiger partial charge is 0.295 e. The molecular formula is C26H26FN9O2. The molecule has 0 spiro atoms. The average molecular weight is 516 g/mol. The second kappa shape index (κ2) is 11.3. The molecule has 38 heavy (non-hydrogen) atoms. The third kappa shape index (κ3) is 4.81. The number of carbonyl (C=O) groups is 2. The number of fused-ring (bicyclic) bond motifs is 1. The predicted molar refractivity (Wildman–Crippen MR) is 142 cm³/mol. The van der Waals surface area contributed by atoms with Crippen LogP contribution in [0.1, 0.15) is 29.3 Å². The molecule has 1 aliphatic heterocycles. The Balaban J connectivity index is 1.61. The average Bonchev–Trinajstić information content (AvgIpc) is 3.40. The Bertz CT molecular complexity index is 1460. The first-order valence-corrected chi connectivity index (χ1v) is 11.9. The van der Waals surface area contributed by atoms with Gasteiger partial charge in [-0.25, -0.2) is 14.4 Å². The van der Waals surface area contributed by atoms with Gasteiger partial charge in [-0.05, 0) is 6.42 Å². The van der Waals surface area contributed by atoms with E-state index in [-0.39, 0.29) is 34.9 Å². The number of nitrogens with one attached hydrogen (secondary N) is 1. The number of rotatable bonds is 7. The number of benzene rings is 1. The fourth-order valence-corrected chi connectivity index (χ4v) is 4.58. The van der Waals surface area contributed by atoms with Gasteiger partial charge in [0.2, 0.25) is 6.19 Å². The Kier molecular flexibility index (Phi) is 7.77. The Morgan fingerprint density at radius 3 is 2.79 bits per heavy atom. The molecule has 4 rings (SSSR count). The third-order valence-electron chi connectivity index (χ3n) is 6.38. The van der Waals surface area contributed by atoms with E-state index in [1.165, 1.54) is 28.5 Å². The van der Waals surface area contributed by atoms with Crippen molar-refractivity contribution < 1.29 is 14.0 Å². The maximum Gasteiger partial charge on any atom is 0.295 e. The van der Waals surface area contributed by atoms with E-state index >= 15 is 0 Å². The van der Waals surface area contributed by atoms with Crippen LogP contribution in [0.15, 0.2) is 65.2 Å². The van der Waals surface area contributed by atoms with Crippen LogP contribution in [-0.2, 0) is 4.79 Å². The second-order valence-corrected chi connectivity index (χ2v) is 8.45. The molecule has 1 aromatic carbocycles. The van der Waals surface area contributed by atoms with E-state index in [1.807, 2.05) is 48.3 Å². The predicted octanol–water partition coefficient (Wildman–Crippen LogP) is 2.59. The monoisotopic (exact) mass is 515 g/mol. The van der Waals surface area contributed by atoms with Gasteiger partial charge in [-0.3, -0.25) is 9.59 Å². The van der Waals surface area contributed by atoms with Crippen LogP contribution in [0.5, 0.6) is 0 Å². The highest BCUT2D eigenvalue weighted by Crippen LogP contribution is 2.30. The van der Waals surface area contributed by atoms with Gasteiger partial charge in [-0.1, -0.05) is 37.3 Å². The summed E-state index contributed by atoms with van der Waals surface area (Å²) in [6.07, 6.45) is 7.23. The van der Waals surface area contributed by atoms with Crippen LogP contribution in [-0.4, -0.2) is 69.7 Å². The molecule has 3 heterocycles. The largest absolute Gasteiger partial charge is 0.403 e. The number of piperazine rings is 1. The highest BCUT2D eigenvalue weighted by molar-refractivity contribution is 6.45. The molecule has 0 bridgehead atoms. The summed E-state index contributed by atoms with van der Waals surface area (Å²) < 4.78 is 14.9. The first-order chi connectivity index (χ1) is 18.4. The van der Waals surface area contributed by atoms with Crippen LogP contribution in [0.2, 0.25) is 0 Å². The molecule has 1 fully saturated rings. The Hall–Kier alpha value is -5.05. The zero-order chi connectivity index (χ0) is 27.2. The molecule has 1 atom stereocenters. The fraction of sp³-hybridized carbons (Fsp3) is 0.231. The van der Waals surface area contributed by atoms with E-state index in [4.69, 9.17) is 5.73 Å². The molecule has 2 aromatic heterocycles. The number of carbonyl (C=O) groups excluding carboxylic acids is 2. The van der Waals surface area contributed by atoms with Crippen molar-refractivity contribution in [3.63, 3.8) is 0 Å². The Morgan fingerprint density at radius 2 is 2.13 bits per heavy atom. The van der Waals surface area contributed by atoms with E-state index < -0.39 is 17.5 Å². The maximum absolute atomic E-state index is 14.9. The molecule has 3 aromatic rings. The van der Waals surface area contributed by atoms with Crippen LogP contribution in [0.3, 0.4) is 0 Å². The highest BCUT2D eigenvalue weighted by Gasteiger charge is 2.35. The summed E-state index contributed by atoms with van der Waals surface area (Å²) in [5.41, 5.74) is 6.29. The number of hydrogen-bond acceptors (Lipinski definition) is 8. The molecule has 12 heteroatoms. The van der Waals surface area contributed by atoms with Crippen LogP contribution in [0.25, 0.3) is 10.9 Å². The number of hydrazone groups is 1. The molecule has 3 N–H and O–H groups in total. The number of nitrogens with two attached hydrogens (primary N) is 1. The van der Waals surface area contributed by atoms with Crippen molar-refractivity contribution in [1.82, 2.24) is 19.8 Å². The van der Waals surface area contributed by atoms with Crippen molar-refractivity contribution in [2.75, 3.05) is 24.6 Å². The minimum Gasteiger partial charge on any atom is -0.403 e. The number of amidine groups is 1. The third-order valence-corrected chi connectivity index (χ3v) is 6.38. The van der Waals surface area contributed by atoms with E-state index in [0.29, 0.717) is 25.3 Å². The number of halogens is 1. The van der Waals surface area contributed by atoms with Gasteiger partial charge < -0.3 is 20.5 Å². The number of nitriles is 1. The SMILES string of the molecule is C=NN(/C=C\N)c1ncc(F)c2c(C(=O)C(=O)N3CCN(C(=NC#N)c4ccccc4)C[C@H]3CC)c[nH]c12. The van der Waals surface area contributed by atoms with Crippen molar-refractivity contribution >= 4 is 41.0 Å². The summed E-state index contributed by atoms with van der Waals surface area (Å²) in [6, 6.07) is 8.98. The Labute approximate surface area is 218 Å². The molecule has 194 valence electrons. The lowest BCUT2D eigenvalue weighted by Crippen LogP contribution is -2.57. The molecule has 1 amide bonds. The van der Waals surface area contributed by atoms with Crippen molar-refractivity contribution in [1.29, 1.82) is 5.26 Å². The molecule has 0 unspecified atom stereocenters. The normalized spacial score (nSPS) is 16.0. The number of aromatic nitrogens is 2. The number of pyridine rings is 1. The molecule has 0 saturated carbocycles. The van der Waals surface area contributed by atoms with E-state index in [2.05, 4.69) is 26.8 Å². The number of ketones is 1. The summed E-state index contributed by atoms with van der Waals surface area (Å²) in [4.78, 5) is 41.1. The lowest BCUT2D eigenvalue weighted by Gasteiger charge is -2.42. The number of aliphatic imine (C=N–C) groups is 1. The van der Waals surface area contributed by atoms with Crippen molar-refractivity contribution in [2.24, 2.45) is 15.8 Å². The topological polar surface area (TPSA) is 147 Å². The number of nitrogens with zero attached hydrogens (tertiary/aromatic N) is 7. The van der Waals surface area contributed by atoms with E-state index in [0.717, 1.165) is 11.8 Å². The van der Waals surface area contributed by atoms with Crippen LogP contribution >= 0.6 is 0 Å². The minimum absolute atomic E-state index is 0.0772. The Morgan fingerprint density at radius 1 is 1.37 bits per heavy atom. The highest BCUT2D eigenvalue weighted by atomic mass is 19.1. The summed E-state index contributed by atoms with van der Waals surface area (Å²) >= 11 is 0. The minimum atomic E-state index is -0.847. The maximum atomic E-state index is 14.9. The number of H-pyrrole nitrogens is 1. The molecular weight excluding hydrogens is 489 g/mol. The van der Waals surface area contributed by atoms with Crippen LogP contribution in [0, 0.1) is 17.3 Å². The van der Waals surface area contributed by atoms with Gasteiger partial charge >= 0.3 is 0 Å². The summed E-state index contributed by atoms with van der Waals surface area (Å²) in [5.74, 6) is -1.68. The lowest BCUT2D eigenvalue weighted by atomic mass is 10.0. The molecule has 1 aliphatic rings. The van der Waals surface area contributed by atoms with Gasteiger partial charge in [0.1, 0.15) is 5.84 Å². The number of hydrogen-bond donors (Lipinski definition) is 2. The fourth-order valence-electron chi connectivity index (χ4n) is 4.58. The number of anilines is 1. The molecule has 0 radical (unpaired) electrons. The van der Waals surface area contributed by atoms with E-state index in [1.54, 1.807) is 0 Å². The lowest BCUT2D eigenvalue weighted by molar-refractivity contribution is -0.130. The van der Waals surface area contributed by atoms with Crippen LogP contribution < -0.4 is 10.7 Å². The van der Waals surface area contributed by atoms with Gasteiger partial charge in [0.05, 0.1) is 22.7 Å². The quantitative estimate of drug-likeness (QED) is 0.123. The first-order valence-electron chi connectivity index (χ1n) is 11.9. The zero-order valence-corrected chi connectivity index (χ0v) is 20.7. The van der Waals surface area contributed by atoms with Crippen molar-refractivity contribution in [3.05, 3.63) is 72.1 Å². The molecule has 0 aliphatic carbocycles. The van der Waals surface area contributed by atoms with Gasteiger partial charge in [0, 0.05) is 56.6 Å². The van der Waals surface area contributed by atoms with Gasteiger partial charge in [0.15, 0.2) is 11.6 Å². The summed E-state index contributed by atoms with van der Waals surface area (Å²) in [6.45, 7) is 6.34. The van der Waals surface area contributed by atoms with Crippen molar-refractivity contribution in [2.45, 2.75) is 19.4 Å². The van der Waals surface area contributed by atoms with Crippen molar-refractivity contribution in [3.8, 4) is 6.19 Å². The van der Waals surface area contributed by atoms with Gasteiger partial charge in [-0.15, -0.1) is 0 Å². The molecule has 11 nitrogen and oxygen atoms in total. The summed E-state index contributed by atoms with van der Waals surface area (Å²) in [5, 5.41) is 14.2. The van der Waals surface area contributed by atoms with E-state index in [9.17, 15) is 19.2 Å². The zero-order valence-electron chi connectivity index (χ0n) is 20.7. The molecule has 1 saturated heterocycles.